The molecule has 1 aromatic rings. The predicted molar refractivity (Wildman–Crippen MR) is 73.1 cm³/mol. The van der Waals surface area contributed by atoms with Crippen molar-refractivity contribution in [1.82, 2.24) is 15.2 Å². The Balaban J connectivity index is 2.35. The molecule has 3 nitrogen and oxygen atoms in total. The van der Waals surface area contributed by atoms with Crippen molar-refractivity contribution in [3.05, 3.63) is 29.6 Å². The lowest BCUT2D eigenvalue weighted by atomic mass is 10.2. The first-order valence-electron chi connectivity index (χ1n) is 6.52. The van der Waals surface area contributed by atoms with Gasteiger partial charge in [-0.05, 0) is 38.1 Å². The van der Waals surface area contributed by atoms with E-state index in [-0.39, 0.29) is 0 Å². The maximum atomic E-state index is 4.21. The quantitative estimate of drug-likeness (QED) is 0.785. The van der Waals surface area contributed by atoms with Crippen LogP contribution < -0.4 is 5.32 Å². The van der Waals surface area contributed by atoms with Crippen LogP contribution in [-0.4, -0.2) is 35.6 Å². The lowest BCUT2D eigenvalue weighted by molar-refractivity contribution is 0.270. The molecule has 1 unspecified atom stereocenters. The van der Waals surface area contributed by atoms with Gasteiger partial charge in [-0.25, -0.2) is 0 Å². The first-order valence-corrected chi connectivity index (χ1v) is 6.52. The van der Waals surface area contributed by atoms with E-state index in [0.29, 0.717) is 6.04 Å². The van der Waals surface area contributed by atoms with E-state index in [1.165, 1.54) is 11.1 Å². The molecular formula is C14H25N3. The van der Waals surface area contributed by atoms with Crippen LogP contribution in [0.25, 0.3) is 0 Å². The van der Waals surface area contributed by atoms with E-state index in [2.05, 4.69) is 49.0 Å². The summed E-state index contributed by atoms with van der Waals surface area (Å²) in [6, 6.07) is 2.69. The summed E-state index contributed by atoms with van der Waals surface area (Å²) < 4.78 is 0. The minimum atomic E-state index is 0.510. The average Bonchev–Trinajstić information content (AvgIpc) is 2.33. The Hall–Kier alpha value is -0.930. The van der Waals surface area contributed by atoms with Crippen LogP contribution in [0.4, 0.5) is 0 Å². The Morgan fingerprint density at radius 2 is 2.00 bits per heavy atom. The molecule has 3 heteroatoms. The number of nitrogens with one attached hydrogen (secondary N) is 1. The molecule has 1 N–H and O–H groups in total. The van der Waals surface area contributed by atoms with E-state index in [1.54, 1.807) is 0 Å². The zero-order valence-corrected chi connectivity index (χ0v) is 11.5. The Morgan fingerprint density at radius 1 is 1.29 bits per heavy atom. The molecule has 0 radical (unpaired) electrons. The molecule has 1 rings (SSSR count). The van der Waals surface area contributed by atoms with Gasteiger partial charge in [0.15, 0.2) is 0 Å². The summed E-state index contributed by atoms with van der Waals surface area (Å²) in [4.78, 5) is 6.64. The Morgan fingerprint density at radius 3 is 2.59 bits per heavy atom. The largest absolute Gasteiger partial charge is 0.309 e. The maximum absolute atomic E-state index is 4.21. The summed E-state index contributed by atoms with van der Waals surface area (Å²) in [7, 11) is 0. The minimum Gasteiger partial charge on any atom is -0.309 e. The summed E-state index contributed by atoms with van der Waals surface area (Å²) in [5.41, 5.74) is 2.48. The standard InChI is InChI=1S/C14H25N3/c1-5-17(6-2)11-13(4)16-10-14-7-12(3)8-15-9-14/h7-9,13,16H,5-6,10-11H2,1-4H3. The van der Waals surface area contributed by atoms with E-state index in [1.807, 2.05) is 12.4 Å². The second-order valence-corrected chi connectivity index (χ2v) is 4.64. The van der Waals surface area contributed by atoms with Crippen LogP contribution >= 0.6 is 0 Å². The number of likely N-dealkylation sites (N-methyl/N-ethyl adjacent to an activating group) is 1. The highest BCUT2D eigenvalue weighted by atomic mass is 15.1. The maximum Gasteiger partial charge on any atom is 0.0313 e. The van der Waals surface area contributed by atoms with Gasteiger partial charge in [-0.1, -0.05) is 19.9 Å². The Bertz CT molecular complexity index is 321. The molecule has 0 aliphatic rings. The fourth-order valence-electron chi connectivity index (χ4n) is 1.94. The lowest BCUT2D eigenvalue weighted by Crippen LogP contribution is -2.38. The molecule has 0 aromatic carbocycles. The summed E-state index contributed by atoms with van der Waals surface area (Å²) in [6.07, 6.45) is 3.83. The SMILES string of the molecule is CCN(CC)CC(C)NCc1cncc(C)c1. The molecular weight excluding hydrogens is 210 g/mol. The van der Waals surface area contributed by atoms with Gasteiger partial charge in [-0.15, -0.1) is 0 Å². The smallest absolute Gasteiger partial charge is 0.0313 e. The molecule has 1 atom stereocenters. The molecule has 0 amide bonds. The van der Waals surface area contributed by atoms with Gasteiger partial charge in [0.05, 0.1) is 0 Å². The van der Waals surface area contributed by atoms with Crippen molar-refractivity contribution in [3.63, 3.8) is 0 Å². The van der Waals surface area contributed by atoms with Gasteiger partial charge in [-0.2, -0.15) is 0 Å². The van der Waals surface area contributed by atoms with E-state index in [0.717, 1.165) is 26.2 Å². The molecule has 0 saturated carbocycles. The van der Waals surface area contributed by atoms with Crippen LogP contribution in [0.1, 0.15) is 31.9 Å². The normalized spacial score (nSPS) is 13.0. The highest BCUT2D eigenvalue weighted by Gasteiger charge is 2.06. The molecule has 0 fully saturated rings. The van der Waals surface area contributed by atoms with Crippen molar-refractivity contribution in [3.8, 4) is 0 Å². The zero-order chi connectivity index (χ0) is 12.7. The zero-order valence-electron chi connectivity index (χ0n) is 11.5. The van der Waals surface area contributed by atoms with Crippen LogP contribution in [0.5, 0.6) is 0 Å². The van der Waals surface area contributed by atoms with Crippen LogP contribution in [0.2, 0.25) is 0 Å². The molecule has 1 heterocycles. The number of aromatic nitrogens is 1. The van der Waals surface area contributed by atoms with Crippen LogP contribution in [0.15, 0.2) is 18.5 Å². The molecule has 17 heavy (non-hydrogen) atoms. The summed E-state index contributed by atoms with van der Waals surface area (Å²) >= 11 is 0. The molecule has 0 aliphatic carbocycles. The van der Waals surface area contributed by atoms with Crippen molar-refractivity contribution in [2.75, 3.05) is 19.6 Å². The number of hydrogen-bond donors (Lipinski definition) is 1. The van der Waals surface area contributed by atoms with Gasteiger partial charge in [0.1, 0.15) is 0 Å². The second-order valence-electron chi connectivity index (χ2n) is 4.64. The van der Waals surface area contributed by atoms with Crippen molar-refractivity contribution in [2.45, 2.75) is 40.3 Å². The van der Waals surface area contributed by atoms with Crippen LogP contribution in [0, 0.1) is 6.92 Å². The van der Waals surface area contributed by atoms with Crippen molar-refractivity contribution in [1.29, 1.82) is 0 Å². The van der Waals surface area contributed by atoms with E-state index in [9.17, 15) is 0 Å². The third-order valence-electron chi connectivity index (χ3n) is 3.01. The predicted octanol–water partition coefficient (Wildman–Crippen LogP) is 2.21. The monoisotopic (exact) mass is 235 g/mol. The van der Waals surface area contributed by atoms with Gasteiger partial charge in [0, 0.05) is 31.5 Å². The summed E-state index contributed by atoms with van der Waals surface area (Å²) in [5.74, 6) is 0. The fraction of sp³-hybridized carbons (Fsp3) is 0.643. The first-order chi connectivity index (χ1) is 8.15. The van der Waals surface area contributed by atoms with Gasteiger partial charge in [0.25, 0.3) is 0 Å². The van der Waals surface area contributed by atoms with Gasteiger partial charge >= 0.3 is 0 Å². The van der Waals surface area contributed by atoms with Crippen molar-refractivity contribution >= 4 is 0 Å². The third-order valence-corrected chi connectivity index (χ3v) is 3.01. The number of hydrogen-bond acceptors (Lipinski definition) is 3. The van der Waals surface area contributed by atoms with Crippen molar-refractivity contribution < 1.29 is 0 Å². The summed E-state index contributed by atoms with van der Waals surface area (Å²) in [5, 5.41) is 3.54. The molecule has 96 valence electrons. The van der Waals surface area contributed by atoms with Crippen molar-refractivity contribution in [2.24, 2.45) is 0 Å². The van der Waals surface area contributed by atoms with Crippen LogP contribution in [0.3, 0.4) is 0 Å². The Labute approximate surface area is 105 Å². The van der Waals surface area contributed by atoms with Crippen LogP contribution in [-0.2, 0) is 6.54 Å². The number of rotatable bonds is 7. The fourth-order valence-corrected chi connectivity index (χ4v) is 1.94. The molecule has 0 spiro atoms. The van der Waals surface area contributed by atoms with Gasteiger partial charge in [0.2, 0.25) is 0 Å². The number of aryl methyl sites for hydroxylation is 1. The van der Waals surface area contributed by atoms with E-state index < -0.39 is 0 Å². The topological polar surface area (TPSA) is 28.2 Å². The number of pyridine rings is 1. The Kier molecular flexibility index (Phi) is 6.16. The van der Waals surface area contributed by atoms with Gasteiger partial charge in [-0.3, -0.25) is 4.98 Å². The van der Waals surface area contributed by atoms with E-state index >= 15 is 0 Å². The highest BCUT2D eigenvalue weighted by molar-refractivity contribution is 5.16. The van der Waals surface area contributed by atoms with E-state index in [4.69, 9.17) is 0 Å². The number of nitrogens with zero attached hydrogens (tertiary/aromatic N) is 2. The molecule has 1 aromatic heterocycles. The summed E-state index contributed by atoms with van der Waals surface area (Å²) in [6.45, 7) is 13.0. The lowest BCUT2D eigenvalue weighted by Gasteiger charge is -2.23. The van der Waals surface area contributed by atoms with Gasteiger partial charge < -0.3 is 10.2 Å². The molecule has 0 aliphatic heterocycles. The molecule has 0 saturated heterocycles. The minimum absolute atomic E-state index is 0.510. The molecule has 0 bridgehead atoms. The average molecular weight is 235 g/mol. The first kappa shape index (κ1) is 14.1. The second kappa shape index (κ2) is 7.41. The third kappa shape index (κ3) is 5.29. The highest BCUT2D eigenvalue weighted by Crippen LogP contribution is 2.01.